The molecule has 0 radical (unpaired) electrons. The van der Waals surface area contributed by atoms with Gasteiger partial charge in [-0.3, -0.25) is 0 Å². The van der Waals surface area contributed by atoms with Crippen LogP contribution in [0.5, 0.6) is 0 Å². The number of guanidine groups is 1. The zero-order valence-corrected chi connectivity index (χ0v) is 17.1. The summed E-state index contributed by atoms with van der Waals surface area (Å²) in [7, 11) is 0. The van der Waals surface area contributed by atoms with Crippen molar-refractivity contribution in [2.45, 2.75) is 46.2 Å². The normalized spacial score (nSPS) is 17.9. The number of aliphatic imine (C=N–C) groups is 1. The largest absolute Gasteiger partial charge is 0.369 e. The number of benzene rings is 1. The maximum absolute atomic E-state index is 13.4. The quantitative estimate of drug-likeness (QED) is 0.606. The zero-order chi connectivity index (χ0) is 19.2. The van der Waals surface area contributed by atoms with Gasteiger partial charge in [-0.1, -0.05) is 0 Å². The molecule has 1 saturated heterocycles. The summed E-state index contributed by atoms with van der Waals surface area (Å²) < 4.78 is 13.4. The standard InChI is InChI=1S/C20H28FN5S/c1-4-22-20(24-12-19-23-11-15(3)27-19)25-17-6-5-9-26(13-17)18-8-7-16(21)10-14(18)2/h7-8,10-11,17H,4-6,9,12-13H2,1-3H3,(H2,22,24,25). The Balaban J connectivity index is 1.64. The third kappa shape index (κ3) is 5.42. The van der Waals surface area contributed by atoms with Crippen molar-refractivity contribution in [2.24, 2.45) is 4.99 Å². The van der Waals surface area contributed by atoms with Gasteiger partial charge in [-0.15, -0.1) is 11.3 Å². The Hall–Kier alpha value is -2.15. The number of thiazole rings is 1. The van der Waals surface area contributed by atoms with E-state index in [1.165, 1.54) is 4.88 Å². The van der Waals surface area contributed by atoms with Crippen LogP contribution in [-0.4, -0.2) is 36.6 Å². The van der Waals surface area contributed by atoms with Gasteiger partial charge in [0.05, 0.1) is 6.54 Å². The van der Waals surface area contributed by atoms with E-state index < -0.39 is 0 Å². The average Bonchev–Trinajstić information content (AvgIpc) is 3.05. The second-order valence-corrected chi connectivity index (χ2v) is 8.24. The highest BCUT2D eigenvalue weighted by atomic mass is 32.1. The van der Waals surface area contributed by atoms with Crippen molar-refractivity contribution >= 4 is 23.0 Å². The highest BCUT2D eigenvalue weighted by molar-refractivity contribution is 7.11. The lowest BCUT2D eigenvalue weighted by Crippen LogP contribution is -2.51. The molecule has 0 saturated carbocycles. The Morgan fingerprint density at radius 1 is 1.41 bits per heavy atom. The molecule has 27 heavy (non-hydrogen) atoms. The van der Waals surface area contributed by atoms with Gasteiger partial charge in [0, 0.05) is 42.4 Å². The summed E-state index contributed by atoms with van der Waals surface area (Å²) in [6.07, 6.45) is 4.08. The number of rotatable bonds is 5. The maximum Gasteiger partial charge on any atom is 0.191 e. The second kappa shape index (κ2) is 9.17. The van der Waals surface area contributed by atoms with Crippen molar-refractivity contribution in [3.05, 3.63) is 45.7 Å². The van der Waals surface area contributed by atoms with Gasteiger partial charge in [-0.25, -0.2) is 14.4 Å². The third-order valence-corrected chi connectivity index (χ3v) is 5.55. The average molecular weight is 390 g/mol. The molecule has 7 heteroatoms. The molecule has 1 aliphatic rings. The van der Waals surface area contributed by atoms with E-state index in [1.54, 1.807) is 23.5 Å². The van der Waals surface area contributed by atoms with Crippen molar-refractivity contribution in [2.75, 3.05) is 24.5 Å². The first-order chi connectivity index (χ1) is 13.0. The molecule has 1 atom stereocenters. The molecule has 1 unspecified atom stereocenters. The monoisotopic (exact) mass is 389 g/mol. The van der Waals surface area contributed by atoms with Crippen molar-refractivity contribution in [3.8, 4) is 0 Å². The molecule has 1 fully saturated rings. The number of anilines is 1. The van der Waals surface area contributed by atoms with Gasteiger partial charge in [-0.05, 0) is 57.4 Å². The number of nitrogens with one attached hydrogen (secondary N) is 2. The van der Waals surface area contributed by atoms with Gasteiger partial charge < -0.3 is 15.5 Å². The fraction of sp³-hybridized carbons (Fsp3) is 0.500. The van der Waals surface area contributed by atoms with Gasteiger partial charge in [0.2, 0.25) is 0 Å². The van der Waals surface area contributed by atoms with Crippen molar-refractivity contribution in [1.82, 2.24) is 15.6 Å². The summed E-state index contributed by atoms with van der Waals surface area (Å²) in [6, 6.07) is 5.34. The van der Waals surface area contributed by atoms with E-state index in [4.69, 9.17) is 4.99 Å². The van der Waals surface area contributed by atoms with Gasteiger partial charge in [0.25, 0.3) is 0 Å². The van der Waals surface area contributed by atoms with Crippen LogP contribution < -0.4 is 15.5 Å². The zero-order valence-electron chi connectivity index (χ0n) is 16.3. The van der Waals surface area contributed by atoms with Gasteiger partial charge in [0.15, 0.2) is 5.96 Å². The van der Waals surface area contributed by atoms with Crippen molar-refractivity contribution in [1.29, 1.82) is 0 Å². The summed E-state index contributed by atoms with van der Waals surface area (Å²) in [5.74, 6) is 0.648. The fourth-order valence-corrected chi connectivity index (χ4v) is 4.13. The van der Waals surface area contributed by atoms with Crippen LogP contribution in [0.2, 0.25) is 0 Å². The smallest absolute Gasteiger partial charge is 0.191 e. The lowest BCUT2D eigenvalue weighted by atomic mass is 10.0. The molecule has 1 aromatic carbocycles. The van der Waals surface area contributed by atoms with Crippen LogP contribution in [0.1, 0.15) is 35.2 Å². The van der Waals surface area contributed by atoms with E-state index in [2.05, 4.69) is 34.4 Å². The SMILES string of the molecule is CCNC(=NCc1ncc(C)s1)NC1CCCN(c2ccc(F)cc2C)C1. The van der Waals surface area contributed by atoms with E-state index in [0.717, 1.165) is 54.7 Å². The molecular weight excluding hydrogens is 361 g/mol. The minimum atomic E-state index is -0.179. The molecule has 0 bridgehead atoms. The lowest BCUT2D eigenvalue weighted by Gasteiger charge is -2.36. The van der Waals surface area contributed by atoms with E-state index >= 15 is 0 Å². The van der Waals surface area contributed by atoms with Crippen LogP contribution in [-0.2, 0) is 6.54 Å². The molecule has 5 nitrogen and oxygen atoms in total. The van der Waals surface area contributed by atoms with E-state index in [9.17, 15) is 4.39 Å². The lowest BCUT2D eigenvalue weighted by molar-refractivity contribution is 0.467. The molecule has 2 heterocycles. The molecule has 146 valence electrons. The molecule has 0 spiro atoms. The molecule has 2 N–H and O–H groups in total. The summed E-state index contributed by atoms with van der Waals surface area (Å²) in [6.45, 7) is 9.38. The first kappa shape index (κ1) is 19.6. The molecule has 1 aromatic heterocycles. The minimum absolute atomic E-state index is 0.179. The van der Waals surface area contributed by atoms with Crippen LogP contribution >= 0.6 is 11.3 Å². The number of piperidine rings is 1. The minimum Gasteiger partial charge on any atom is -0.369 e. The Morgan fingerprint density at radius 3 is 2.96 bits per heavy atom. The fourth-order valence-electron chi connectivity index (χ4n) is 3.42. The van der Waals surface area contributed by atoms with Crippen LogP contribution in [0.25, 0.3) is 0 Å². The van der Waals surface area contributed by atoms with Crippen LogP contribution in [0, 0.1) is 19.7 Å². The summed E-state index contributed by atoms with van der Waals surface area (Å²) in [4.78, 5) is 12.6. The van der Waals surface area contributed by atoms with Gasteiger partial charge >= 0.3 is 0 Å². The maximum atomic E-state index is 13.4. The van der Waals surface area contributed by atoms with E-state index in [0.29, 0.717) is 12.6 Å². The number of aromatic nitrogens is 1. The number of nitrogens with zero attached hydrogens (tertiary/aromatic N) is 3. The molecule has 3 rings (SSSR count). The van der Waals surface area contributed by atoms with Crippen LogP contribution in [0.4, 0.5) is 10.1 Å². The second-order valence-electron chi connectivity index (χ2n) is 6.92. The van der Waals surface area contributed by atoms with E-state index in [1.807, 2.05) is 19.2 Å². The molecule has 0 amide bonds. The van der Waals surface area contributed by atoms with Crippen LogP contribution in [0.15, 0.2) is 29.4 Å². The molecule has 2 aromatic rings. The molecule has 1 aliphatic heterocycles. The number of hydrogen-bond acceptors (Lipinski definition) is 4. The Morgan fingerprint density at radius 2 is 2.26 bits per heavy atom. The third-order valence-electron chi connectivity index (χ3n) is 4.65. The predicted octanol–water partition coefficient (Wildman–Crippen LogP) is 3.62. The highest BCUT2D eigenvalue weighted by Crippen LogP contribution is 2.24. The summed E-state index contributed by atoms with van der Waals surface area (Å²) >= 11 is 1.68. The first-order valence-electron chi connectivity index (χ1n) is 9.52. The van der Waals surface area contributed by atoms with Crippen molar-refractivity contribution < 1.29 is 4.39 Å². The number of aryl methyl sites for hydroxylation is 2. The van der Waals surface area contributed by atoms with Crippen molar-refractivity contribution in [3.63, 3.8) is 0 Å². The summed E-state index contributed by atoms with van der Waals surface area (Å²) in [5, 5.41) is 7.92. The number of hydrogen-bond donors (Lipinski definition) is 2. The van der Waals surface area contributed by atoms with Gasteiger partial charge in [-0.2, -0.15) is 0 Å². The van der Waals surface area contributed by atoms with E-state index in [-0.39, 0.29) is 5.82 Å². The van der Waals surface area contributed by atoms with Gasteiger partial charge in [0.1, 0.15) is 10.8 Å². The van der Waals surface area contributed by atoms with Crippen LogP contribution in [0.3, 0.4) is 0 Å². The predicted molar refractivity (Wildman–Crippen MR) is 111 cm³/mol. The Labute approximate surface area is 164 Å². The number of halogens is 1. The Kier molecular flexibility index (Phi) is 6.66. The first-order valence-corrected chi connectivity index (χ1v) is 10.3. The molecule has 0 aliphatic carbocycles. The Bertz CT molecular complexity index is 788. The highest BCUT2D eigenvalue weighted by Gasteiger charge is 2.22. The topological polar surface area (TPSA) is 52.6 Å². The summed E-state index contributed by atoms with van der Waals surface area (Å²) in [5.41, 5.74) is 2.10. The molecular formula is C20H28FN5S.